The molecule has 0 aliphatic rings. The molecule has 0 heterocycles. The molecule has 0 aliphatic carbocycles. The van der Waals surface area contributed by atoms with Gasteiger partial charge in [-0.3, -0.25) is 4.79 Å². The quantitative estimate of drug-likeness (QED) is 0.573. The predicted octanol–water partition coefficient (Wildman–Crippen LogP) is 3.17. The van der Waals surface area contributed by atoms with Gasteiger partial charge in [-0.15, -0.1) is 0 Å². The highest BCUT2D eigenvalue weighted by Crippen LogP contribution is 2.22. The molecule has 0 saturated heterocycles. The third kappa shape index (κ3) is 2.02. The zero-order valence-electron chi connectivity index (χ0n) is 5.90. The molecule has 0 radical (unpaired) electrons. The van der Waals surface area contributed by atoms with Crippen molar-refractivity contribution >= 4 is 44.8 Å². The van der Waals surface area contributed by atoms with E-state index in [1.807, 2.05) is 19.1 Å². The van der Waals surface area contributed by atoms with E-state index < -0.39 is 0 Å². The van der Waals surface area contributed by atoms with E-state index >= 15 is 0 Å². The molecule has 11 heavy (non-hydrogen) atoms. The van der Waals surface area contributed by atoms with Gasteiger partial charge in [0.05, 0.1) is 0 Å². The number of aldehydes is 1. The topological polar surface area (TPSA) is 17.1 Å². The van der Waals surface area contributed by atoms with Gasteiger partial charge in [0, 0.05) is 13.6 Å². The fourth-order valence-electron chi connectivity index (χ4n) is 0.733. The maximum Gasteiger partial charge on any atom is 0.150 e. The van der Waals surface area contributed by atoms with Crippen LogP contribution < -0.4 is 0 Å². The van der Waals surface area contributed by atoms with E-state index in [-0.39, 0.29) is 0 Å². The van der Waals surface area contributed by atoms with Gasteiger partial charge in [0.2, 0.25) is 0 Å². The lowest BCUT2D eigenvalue weighted by Crippen LogP contribution is -1.86. The van der Waals surface area contributed by atoms with Gasteiger partial charge in [0.25, 0.3) is 0 Å². The Balaban J connectivity index is 3.31. The van der Waals surface area contributed by atoms with Gasteiger partial charge in [0.15, 0.2) is 0 Å². The van der Waals surface area contributed by atoms with E-state index in [0.29, 0.717) is 5.56 Å². The summed E-state index contributed by atoms with van der Waals surface area (Å²) in [6.45, 7) is 2.01. The van der Waals surface area contributed by atoms with E-state index in [4.69, 9.17) is 0 Å². The Labute approximate surface area is 87.5 Å². The van der Waals surface area contributed by atoms with Crippen LogP contribution in [0.15, 0.2) is 16.6 Å². The first-order valence-corrected chi connectivity index (χ1v) is 4.93. The first-order valence-electron chi connectivity index (χ1n) is 3.06. The van der Waals surface area contributed by atoms with Crippen molar-refractivity contribution in [2.24, 2.45) is 0 Å². The lowest BCUT2D eigenvalue weighted by Gasteiger charge is -2.01. The molecular formula is C8H6BrIO. The zero-order valence-corrected chi connectivity index (χ0v) is 9.64. The molecule has 1 aromatic carbocycles. The molecule has 0 aromatic heterocycles. The Morgan fingerprint density at radius 2 is 2.18 bits per heavy atom. The van der Waals surface area contributed by atoms with E-state index in [1.165, 1.54) is 5.56 Å². The number of carbonyl (C=O) groups excluding carboxylic acids is 1. The molecule has 0 N–H and O–H groups in total. The van der Waals surface area contributed by atoms with E-state index in [2.05, 4.69) is 38.5 Å². The number of rotatable bonds is 1. The molecule has 0 spiro atoms. The minimum atomic E-state index is 0.715. The van der Waals surface area contributed by atoms with E-state index in [1.54, 1.807) is 0 Å². The van der Waals surface area contributed by atoms with Gasteiger partial charge < -0.3 is 0 Å². The average Bonchev–Trinajstić information content (AvgIpc) is 1.99. The molecule has 1 nitrogen and oxygen atoms in total. The summed E-state index contributed by atoms with van der Waals surface area (Å²) in [5.74, 6) is 0. The summed E-state index contributed by atoms with van der Waals surface area (Å²) in [6, 6.07) is 3.69. The van der Waals surface area contributed by atoms with Crippen molar-refractivity contribution in [3.8, 4) is 0 Å². The molecule has 3 heteroatoms. The van der Waals surface area contributed by atoms with Crippen LogP contribution in [0.4, 0.5) is 0 Å². The van der Waals surface area contributed by atoms with Gasteiger partial charge in [-0.1, -0.05) is 15.9 Å². The number of hydrogen-bond acceptors (Lipinski definition) is 1. The van der Waals surface area contributed by atoms with Crippen molar-refractivity contribution in [2.45, 2.75) is 6.92 Å². The smallest absolute Gasteiger partial charge is 0.150 e. The fourth-order valence-corrected chi connectivity index (χ4v) is 2.23. The second kappa shape index (κ2) is 3.67. The molecule has 0 unspecified atom stereocenters. The maximum atomic E-state index is 10.4. The van der Waals surface area contributed by atoms with Crippen molar-refractivity contribution in [3.05, 3.63) is 31.3 Å². The standard InChI is InChI=1S/C8H6BrIO/c1-5-7(9)2-6(4-11)3-8(5)10/h2-4H,1H3. The minimum absolute atomic E-state index is 0.715. The first-order chi connectivity index (χ1) is 5.15. The Hall–Kier alpha value is 0.100. The summed E-state index contributed by atoms with van der Waals surface area (Å²) in [5, 5.41) is 0. The summed E-state index contributed by atoms with van der Waals surface area (Å²) < 4.78 is 2.10. The van der Waals surface area contributed by atoms with Crippen LogP contribution in [-0.2, 0) is 0 Å². The second-order valence-corrected chi connectivity index (χ2v) is 4.24. The largest absolute Gasteiger partial charge is 0.298 e. The summed E-state index contributed by atoms with van der Waals surface area (Å²) in [6.07, 6.45) is 0.854. The molecule has 1 rings (SSSR count). The Kier molecular flexibility index (Phi) is 3.06. The van der Waals surface area contributed by atoms with Crippen LogP contribution in [0, 0.1) is 10.5 Å². The lowest BCUT2D eigenvalue weighted by molar-refractivity contribution is 0.112. The molecule has 0 amide bonds. The number of carbonyl (C=O) groups is 1. The van der Waals surface area contributed by atoms with Gasteiger partial charge in [-0.05, 0) is 47.2 Å². The molecule has 0 atom stereocenters. The summed E-state index contributed by atoms with van der Waals surface area (Å²) in [7, 11) is 0. The first kappa shape index (κ1) is 9.19. The van der Waals surface area contributed by atoms with Crippen LogP contribution in [0.2, 0.25) is 0 Å². The molecule has 58 valence electrons. The van der Waals surface area contributed by atoms with Gasteiger partial charge >= 0.3 is 0 Å². The molecule has 1 aromatic rings. The van der Waals surface area contributed by atoms with Crippen molar-refractivity contribution < 1.29 is 4.79 Å². The molecule has 0 fully saturated rings. The number of benzene rings is 1. The van der Waals surface area contributed by atoms with Gasteiger partial charge in [-0.25, -0.2) is 0 Å². The maximum absolute atomic E-state index is 10.4. The van der Waals surface area contributed by atoms with Gasteiger partial charge in [-0.2, -0.15) is 0 Å². The molecule has 0 saturated carbocycles. The van der Waals surface area contributed by atoms with Crippen LogP contribution in [-0.4, -0.2) is 6.29 Å². The van der Waals surface area contributed by atoms with E-state index in [0.717, 1.165) is 14.3 Å². The minimum Gasteiger partial charge on any atom is -0.298 e. The molecular weight excluding hydrogens is 319 g/mol. The Bertz CT molecular complexity index is 273. The van der Waals surface area contributed by atoms with Crippen molar-refractivity contribution in [1.29, 1.82) is 0 Å². The van der Waals surface area contributed by atoms with Crippen LogP contribution in [0.3, 0.4) is 0 Å². The van der Waals surface area contributed by atoms with Gasteiger partial charge in [0.1, 0.15) is 6.29 Å². The predicted molar refractivity (Wildman–Crippen MR) is 57.0 cm³/mol. The van der Waals surface area contributed by atoms with Crippen LogP contribution in [0.25, 0.3) is 0 Å². The fraction of sp³-hybridized carbons (Fsp3) is 0.125. The SMILES string of the molecule is Cc1c(Br)cc(C=O)cc1I. The third-order valence-corrected chi connectivity index (χ3v) is 3.38. The normalized spacial score (nSPS) is 9.73. The second-order valence-electron chi connectivity index (χ2n) is 2.23. The molecule has 0 aliphatic heterocycles. The average molecular weight is 325 g/mol. The third-order valence-electron chi connectivity index (χ3n) is 1.44. The Morgan fingerprint density at radius 1 is 1.55 bits per heavy atom. The summed E-state index contributed by atoms with van der Waals surface area (Å²) in [5.41, 5.74) is 1.89. The van der Waals surface area contributed by atoms with Crippen LogP contribution >= 0.6 is 38.5 Å². The van der Waals surface area contributed by atoms with E-state index in [9.17, 15) is 4.79 Å². The highest BCUT2D eigenvalue weighted by molar-refractivity contribution is 14.1. The highest BCUT2D eigenvalue weighted by Gasteiger charge is 2.01. The highest BCUT2D eigenvalue weighted by atomic mass is 127. The van der Waals surface area contributed by atoms with Crippen LogP contribution in [0.1, 0.15) is 15.9 Å². The van der Waals surface area contributed by atoms with Crippen molar-refractivity contribution in [2.75, 3.05) is 0 Å². The zero-order chi connectivity index (χ0) is 8.43. The van der Waals surface area contributed by atoms with Crippen LogP contribution in [0.5, 0.6) is 0 Å². The van der Waals surface area contributed by atoms with Crippen molar-refractivity contribution in [3.63, 3.8) is 0 Å². The number of halogens is 2. The monoisotopic (exact) mass is 324 g/mol. The number of hydrogen-bond donors (Lipinski definition) is 0. The lowest BCUT2D eigenvalue weighted by atomic mass is 10.2. The summed E-state index contributed by atoms with van der Waals surface area (Å²) >= 11 is 5.58. The summed E-state index contributed by atoms with van der Waals surface area (Å²) in [4.78, 5) is 10.4. The Morgan fingerprint density at radius 3 is 2.64 bits per heavy atom. The molecule has 0 bridgehead atoms. The van der Waals surface area contributed by atoms with Crippen molar-refractivity contribution in [1.82, 2.24) is 0 Å².